The van der Waals surface area contributed by atoms with Crippen molar-refractivity contribution in [1.82, 2.24) is 51.2 Å². The number of aromatic nitrogens is 4. The van der Waals surface area contributed by atoms with Gasteiger partial charge in [0.25, 0.3) is 5.91 Å². The number of nitrogens with zero attached hydrogens (tertiary/aromatic N) is 5. The zero-order chi connectivity index (χ0) is 39.9. The Morgan fingerprint density at radius 1 is 0.930 bits per heavy atom. The first-order chi connectivity index (χ1) is 27.6. The van der Waals surface area contributed by atoms with E-state index in [0.717, 1.165) is 84.7 Å². The monoisotopic (exact) mass is 821 g/mol. The van der Waals surface area contributed by atoms with E-state index in [-0.39, 0.29) is 48.7 Å². The van der Waals surface area contributed by atoms with Crippen molar-refractivity contribution in [2.24, 2.45) is 13.0 Å². The average molecular weight is 822 g/mol. The largest absolute Gasteiger partial charge is 0.355 e. The van der Waals surface area contributed by atoms with Gasteiger partial charge in [-0.15, -0.1) is 11.3 Å². The van der Waals surface area contributed by atoms with Crippen LogP contribution in [-0.4, -0.2) is 98.5 Å². The molecule has 57 heavy (non-hydrogen) atoms. The lowest BCUT2D eigenvalue weighted by Crippen LogP contribution is -2.52. The van der Waals surface area contributed by atoms with Crippen molar-refractivity contribution in [3.05, 3.63) is 44.5 Å². The third kappa shape index (κ3) is 10.5. The first-order valence-corrected chi connectivity index (χ1v) is 21.4. The fraction of sp³-hybridized carbons (Fsp3) is 0.590. The second-order valence-electron chi connectivity index (χ2n) is 15.6. The number of hydrogen-bond acceptors (Lipinski definition) is 12. The van der Waals surface area contributed by atoms with Gasteiger partial charge in [-0.25, -0.2) is 9.97 Å². The highest BCUT2D eigenvalue weighted by Crippen LogP contribution is 2.37. The summed E-state index contributed by atoms with van der Waals surface area (Å²) in [6, 6.07) is -0.129. The van der Waals surface area contributed by atoms with Gasteiger partial charge in [0.1, 0.15) is 6.04 Å². The van der Waals surface area contributed by atoms with E-state index in [1.807, 2.05) is 17.9 Å². The third-order valence-electron chi connectivity index (χ3n) is 11.3. The predicted octanol–water partition coefficient (Wildman–Crippen LogP) is 2.81. The number of aryl methyl sites for hydroxylation is 1. The Hall–Kier alpha value is -4.45. The smallest absolute Gasteiger partial charge is 0.256 e. The van der Waals surface area contributed by atoms with E-state index >= 15 is 0 Å². The SMILES string of the molecule is Cn1ncc(-c2nc(N[C@H]3CC[C@H](NCC(=O)NCCCCCNCC(=O)NCc4scc5c4CN(C4CCC(=O)NC4=O)C5=O)CC3)ncc2Cl)c1CC1CC1. The standard InChI is InChI=1S/C39H52ClN11O5S/c1-50-31(15-23-5-6-23)26(16-46-50)36-29(40)17-45-39(49-36)47-25-9-7-24(8-10-25)43-20-35(54)42-14-4-2-3-13-41-19-34(53)44-18-32-27-21-51(38(56)28(27)22-57-32)30-11-12-33(52)48-37(30)55/h16-17,22-25,30,41,43H,2-15,18-21H2,1H3,(H,42,54)(H,44,53)(H,45,47,49)(H,48,52,55)/t24-,25-,30?. The summed E-state index contributed by atoms with van der Waals surface area (Å²) in [4.78, 5) is 73.3. The molecule has 0 radical (unpaired) electrons. The van der Waals surface area contributed by atoms with Crippen LogP contribution in [0.3, 0.4) is 0 Å². The van der Waals surface area contributed by atoms with Crippen molar-refractivity contribution in [3.8, 4) is 11.3 Å². The van der Waals surface area contributed by atoms with Crippen LogP contribution in [0.4, 0.5) is 5.95 Å². The van der Waals surface area contributed by atoms with Crippen molar-refractivity contribution in [2.75, 3.05) is 31.5 Å². The molecule has 16 nitrogen and oxygen atoms in total. The molecule has 1 atom stereocenters. The molecule has 3 aromatic rings. The van der Waals surface area contributed by atoms with Gasteiger partial charge in [-0.3, -0.25) is 34.0 Å². The molecule has 1 saturated heterocycles. The second kappa shape index (κ2) is 18.9. The zero-order valence-electron chi connectivity index (χ0n) is 32.3. The number of piperidine rings is 1. The van der Waals surface area contributed by atoms with Crippen LogP contribution in [0.25, 0.3) is 11.3 Å². The van der Waals surface area contributed by atoms with Gasteiger partial charge in [-0.05, 0) is 82.2 Å². The maximum absolute atomic E-state index is 12.9. The summed E-state index contributed by atoms with van der Waals surface area (Å²) in [7, 11) is 1.97. The molecule has 306 valence electrons. The van der Waals surface area contributed by atoms with Gasteiger partial charge in [0, 0.05) is 60.2 Å². The van der Waals surface area contributed by atoms with Gasteiger partial charge in [0.2, 0.25) is 29.6 Å². The van der Waals surface area contributed by atoms with E-state index in [9.17, 15) is 24.0 Å². The Kier molecular flexibility index (Phi) is 13.5. The molecular weight excluding hydrogens is 770 g/mol. The second-order valence-corrected chi connectivity index (χ2v) is 16.9. The number of hydrogen-bond donors (Lipinski definition) is 6. The Balaban J connectivity index is 0.710. The minimum absolute atomic E-state index is 0.00646. The van der Waals surface area contributed by atoms with Crippen LogP contribution in [0.1, 0.15) is 97.1 Å². The number of imide groups is 1. The molecule has 5 amide bonds. The molecule has 1 unspecified atom stereocenters. The van der Waals surface area contributed by atoms with E-state index < -0.39 is 11.9 Å². The van der Waals surface area contributed by atoms with Gasteiger partial charge in [0.15, 0.2) is 0 Å². The van der Waals surface area contributed by atoms with Crippen LogP contribution < -0.4 is 31.9 Å². The number of thiophene rings is 1. The Morgan fingerprint density at radius 2 is 1.70 bits per heavy atom. The number of amides is 5. The van der Waals surface area contributed by atoms with Crippen LogP contribution in [0.5, 0.6) is 0 Å². The lowest BCUT2D eigenvalue weighted by atomic mass is 9.91. The summed E-state index contributed by atoms with van der Waals surface area (Å²) in [5, 5.41) is 25.1. The topological polar surface area (TPSA) is 204 Å². The summed E-state index contributed by atoms with van der Waals surface area (Å²) in [6.07, 6.45) is 14.0. The van der Waals surface area contributed by atoms with Gasteiger partial charge < -0.3 is 31.5 Å². The van der Waals surface area contributed by atoms with Crippen LogP contribution in [0.2, 0.25) is 5.02 Å². The summed E-state index contributed by atoms with van der Waals surface area (Å²) in [5.74, 6) is 0.172. The molecule has 18 heteroatoms. The lowest BCUT2D eigenvalue weighted by molar-refractivity contribution is -0.137. The normalized spacial score (nSPS) is 20.7. The highest BCUT2D eigenvalue weighted by Gasteiger charge is 2.40. The molecule has 7 rings (SSSR count). The van der Waals surface area contributed by atoms with E-state index in [1.54, 1.807) is 11.6 Å². The number of fused-ring (bicyclic) bond motifs is 1. The minimum Gasteiger partial charge on any atom is -0.355 e. The van der Waals surface area contributed by atoms with E-state index in [1.165, 1.54) is 29.1 Å². The predicted molar refractivity (Wildman–Crippen MR) is 215 cm³/mol. The van der Waals surface area contributed by atoms with Crippen molar-refractivity contribution in [3.63, 3.8) is 0 Å². The summed E-state index contributed by atoms with van der Waals surface area (Å²) in [5.41, 5.74) is 4.25. The number of nitrogens with one attached hydrogen (secondary N) is 6. The van der Waals surface area contributed by atoms with Crippen LogP contribution in [0, 0.1) is 5.92 Å². The van der Waals surface area contributed by atoms with Crippen molar-refractivity contribution in [2.45, 2.75) is 108 Å². The first-order valence-electron chi connectivity index (χ1n) is 20.1. The van der Waals surface area contributed by atoms with Crippen LogP contribution in [-0.2, 0) is 45.7 Å². The highest BCUT2D eigenvalue weighted by molar-refractivity contribution is 7.10. The molecular formula is C39H52ClN11O5S. The van der Waals surface area contributed by atoms with E-state index in [2.05, 4.69) is 42.0 Å². The highest BCUT2D eigenvalue weighted by atomic mass is 35.5. The fourth-order valence-electron chi connectivity index (χ4n) is 7.82. The summed E-state index contributed by atoms with van der Waals surface area (Å²) >= 11 is 7.97. The van der Waals surface area contributed by atoms with Crippen molar-refractivity contribution in [1.29, 1.82) is 0 Å². The summed E-state index contributed by atoms with van der Waals surface area (Å²) in [6.45, 7) is 2.36. The minimum atomic E-state index is -0.658. The average Bonchev–Trinajstić information content (AvgIpc) is 3.70. The molecule has 2 aliphatic carbocycles. The van der Waals surface area contributed by atoms with Gasteiger partial charge in [0.05, 0.1) is 48.3 Å². The Bertz CT molecular complexity index is 1960. The van der Waals surface area contributed by atoms with Gasteiger partial charge >= 0.3 is 0 Å². The van der Waals surface area contributed by atoms with Crippen LogP contribution in [0.15, 0.2) is 17.8 Å². The molecule has 6 N–H and O–H groups in total. The number of rotatable bonds is 19. The molecule has 5 heterocycles. The molecule has 0 spiro atoms. The molecule has 0 bridgehead atoms. The Morgan fingerprint density at radius 3 is 2.49 bits per heavy atom. The molecule has 3 fully saturated rings. The number of anilines is 1. The molecule has 0 aromatic carbocycles. The third-order valence-corrected chi connectivity index (χ3v) is 12.6. The maximum Gasteiger partial charge on any atom is 0.256 e. The number of carbonyl (C=O) groups is 5. The van der Waals surface area contributed by atoms with Gasteiger partial charge in [-0.1, -0.05) is 18.0 Å². The van der Waals surface area contributed by atoms with Crippen molar-refractivity contribution >= 4 is 58.4 Å². The maximum atomic E-state index is 12.9. The quantitative estimate of drug-likeness (QED) is 0.0767. The lowest BCUT2D eigenvalue weighted by Gasteiger charge is -2.29. The molecule has 3 aromatic heterocycles. The number of halogens is 1. The first kappa shape index (κ1) is 40.7. The van der Waals surface area contributed by atoms with Crippen molar-refractivity contribution < 1.29 is 24.0 Å². The Labute approximate surface area is 341 Å². The number of unbranched alkanes of at least 4 members (excludes halogenated alkanes) is 2. The van der Waals surface area contributed by atoms with Gasteiger partial charge in [-0.2, -0.15) is 5.10 Å². The van der Waals surface area contributed by atoms with E-state index in [0.29, 0.717) is 55.7 Å². The van der Waals surface area contributed by atoms with Crippen LogP contribution >= 0.6 is 22.9 Å². The molecule has 4 aliphatic rings. The molecule has 2 aliphatic heterocycles. The molecule has 2 saturated carbocycles. The number of carbonyl (C=O) groups excluding carboxylic acids is 5. The fourth-order valence-corrected chi connectivity index (χ4v) is 8.99. The van der Waals surface area contributed by atoms with E-state index in [4.69, 9.17) is 16.6 Å². The summed E-state index contributed by atoms with van der Waals surface area (Å²) < 4.78 is 1.93. The zero-order valence-corrected chi connectivity index (χ0v) is 33.9.